The highest BCUT2D eigenvalue weighted by atomic mass is 16.5. The van der Waals surface area contributed by atoms with Gasteiger partial charge in [-0.15, -0.1) is 5.10 Å². The molecule has 0 aliphatic carbocycles. The predicted molar refractivity (Wildman–Crippen MR) is 62.0 cm³/mol. The van der Waals surface area contributed by atoms with E-state index in [4.69, 9.17) is 10.5 Å². The van der Waals surface area contributed by atoms with Crippen molar-refractivity contribution < 1.29 is 9.53 Å². The normalized spacial score (nSPS) is 10.5. The molecule has 0 aliphatic heterocycles. The van der Waals surface area contributed by atoms with Gasteiger partial charge in [-0.25, -0.2) is 4.68 Å². The number of nitrogens with one attached hydrogen (secondary N) is 1. The number of hydrogen-bond acceptors (Lipinski definition) is 5. The first-order chi connectivity index (χ1) is 8.26. The fourth-order valence-electron chi connectivity index (χ4n) is 1.26. The molecule has 3 N–H and O–H groups in total. The quantitative estimate of drug-likeness (QED) is 0.586. The molecule has 7 nitrogen and oxygen atoms in total. The summed E-state index contributed by atoms with van der Waals surface area (Å²) in [4.78, 5) is 11.5. The highest BCUT2D eigenvalue weighted by Crippen LogP contribution is 1.90. The summed E-state index contributed by atoms with van der Waals surface area (Å²) in [5.74, 6) is -0.0880. The Morgan fingerprint density at radius 3 is 3.12 bits per heavy atom. The molecule has 7 heteroatoms. The van der Waals surface area contributed by atoms with Crippen LogP contribution in [-0.2, 0) is 22.6 Å². The third-order valence-electron chi connectivity index (χ3n) is 2.09. The summed E-state index contributed by atoms with van der Waals surface area (Å²) in [6.45, 7) is 4.42. The molecule has 0 radical (unpaired) electrons. The van der Waals surface area contributed by atoms with Crippen molar-refractivity contribution in [3.8, 4) is 0 Å². The summed E-state index contributed by atoms with van der Waals surface area (Å²) in [6.07, 6.45) is 2.48. The Kier molecular flexibility index (Phi) is 6.19. The summed E-state index contributed by atoms with van der Waals surface area (Å²) in [6, 6.07) is 0. The van der Waals surface area contributed by atoms with Gasteiger partial charge in [-0.1, -0.05) is 5.21 Å². The van der Waals surface area contributed by atoms with E-state index < -0.39 is 0 Å². The Bertz CT molecular complexity index is 339. The zero-order chi connectivity index (χ0) is 12.5. The molecule has 0 unspecified atom stereocenters. The van der Waals surface area contributed by atoms with E-state index in [1.807, 2.05) is 6.92 Å². The van der Waals surface area contributed by atoms with E-state index >= 15 is 0 Å². The van der Waals surface area contributed by atoms with Crippen LogP contribution in [0.3, 0.4) is 0 Å². The summed E-state index contributed by atoms with van der Waals surface area (Å²) < 4.78 is 6.63. The topological polar surface area (TPSA) is 95.1 Å². The zero-order valence-electron chi connectivity index (χ0n) is 10.1. The van der Waals surface area contributed by atoms with Crippen molar-refractivity contribution in [3.63, 3.8) is 0 Å². The lowest BCUT2D eigenvalue weighted by atomic mass is 10.4. The summed E-state index contributed by atoms with van der Waals surface area (Å²) in [5.41, 5.74) is 6.07. The van der Waals surface area contributed by atoms with Gasteiger partial charge >= 0.3 is 0 Å². The predicted octanol–water partition coefficient (Wildman–Crippen LogP) is -0.720. The fourth-order valence-corrected chi connectivity index (χ4v) is 1.26. The smallest absolute Gasteiger partial charge is 0.241 e. The molecule has 0 saturated heterocycles. The number of aromatic nitrogens is 3. The van der Waals surface area contributed by atoms with Crippen LogP contribution in [-0.4, -0.2) is 40.7 Å². The lowest BCUT2D eigenvalue weighted by Crippen LogP contribution is -2.29. The van der Waals surface area contributed by atoms with Crippen molar-refractivity contribution in [1.29, 1.82) is 0 Å². The molecule has 96 valence electrons. The van der Waals surface area contributed by atoms with Crippen LogP contribution in [0.5, 0.6) is 0 Å². The summed E-state index contributed by atoms with van der Waals surface area (Å²) in [7, 11) is 0. The van der Waals surface area contributed by atoms with Crippen molar-refractivity contribution in [2.75, 3.05) is 19.8 Å². The number of amides is 1. The SMILES string of the molecule is CCOCCCNC(=O)Cn1cc(CN)nn1. The number of carbonyl (C=O) groups excluding carboxylic acids is 1. The number of carbonyl (C=O) groups is 1. The standard InChI is InChI=1S/C10H19N5O2/c1-2-17-5-3-4-12-10(16)8-15-7-9(6-11)13-14-15/h7H,2-6,8,11H2,1H3,(H,12,16). The number of nitrogens with zero attached hydrogens (tertiary/aromatic N) is 3. The van der Waals surface area contributed by atoms with Crippen LogP contribution in [0.4, 0.5) is 0 Å². The molecule has 0 saturated carbocycles. The first-order valence-electron chi connectivity index (χ1n) is 5.69. The average molecular weight is 241 g/mol. The van der Waals surface area contributed by atoms with Gasteiger partial charge in [0.1, 0.15) is 6.54 Å². The van der Waals surface area contributed by atoms with Crippen LogP contribution in [0.1, 0.15) is 19.0 Å². The lowest BCUT2D eigenvalue weighted by Gasteiger charge is -2.04. The number of nitrogens with two attached hydrogens (primary N) is 1. The molecule has 1 heterocycles. The Hall–Kier alpha value is -1.47. The van der Waals surface area contributed by atoms with Crippen molar-refractivity contribution in [2.24, 2.45) is 5.73 Å². The minimum Gasteiger partial charge on any atom is -0.382 e. The minimum atomic E-state index is -0.0880. The van der Waals surface area contributed by atoms with Gasteiger partial charge in [0.25, 0.3) is 0 Å². The fraction of sp³-hybridized carbons (Fsp3) is 0.700. The zero-order valence-corrected chi connectivity index (χ0v) is 10.1. The number of ether oxygens (including phenoxy) is 1. The molecular weight excluding hydrogens is 222 g/mol. The monoisotopic (exact) mass is 241 g/mol. The first kappa shape index (κ1) is 13.6. The summed E-state index contributed by atoms with van der Waals surface area (Å²) in [5, 5.41) is 10.4. The molecule has 1 aromatic rings. The van der Waals surface area contributed by atoms with Gasteiger partial charge in [-0.3, -0.25) is 4.79 Å². The first-order valence-corrected chi connectivity index (χ1v) is 5.69. The Labute approximate surface area is 100 Å². The number of rotatable bonds is 8. The molecule has 0 spiro atoms. The molecule has 1 amide bonds. The van der Waals surface area contributed by atoms with Crippen molar-refractivity contribution in [2.45, 2.75) is 26.4 Å². The molecule has 0 bridgehead atoms. The van der Waals surface area contributed by atoms with E-state index in [9.17, 15) is 4.79 Å². The molecule has 0 aliphatic rings. The van der Waals surface area contributed by atoms with E-state index in [2.05, 4.69) is 15.6 Å². The van der Waals surface area contributed by atoms with Crippen molar-refractivity contribution >= 4 is 5.91 Å². The highest BCUT2D eigenvalue weighted by Gasteiger charge is 2.04. The molecule has 1 aromatic heterocycles. The molecular formula is C10H19N5O2. The van der Waals surface area contributed by atoms with Crippen LogP contribution in [0, 0.1) is 0 Å². The second-order valence-electron chi connectivity index (χ2n) is 3.51. The van der Waals surface area contributed by atoms with Crippen LogP contribution in [0.2, 0.25) is 0 Å². The van der Waals surface area contributed by atoms with Crippen molar-refractivity contribution in [1.82, 2.24) is 20.3 Å². The summed E-state index contributed by atoms with van der Waals surface area (Å²) >= 11 is 0. The van der Waals surface area contributed by atoms with Gasteiger partial charge in [-0.05, 0) is 13.3 Å². The molecule has 0 aromatic carbocycles. The van der Waals surface area contributed by atoms with E-state index in [0.717, 1.165) is 6.42 Å². The van der Waals surface area contributed by atoms with Gasteiger partial charge in [-0.2, -0.15) is 0 Å². The van der Waals surface area contributed by atoms with Crippen LogP contribution < -0.4 is 11.1 Å². The van der Waals surface area contributed by atoms with Gasteiger partial charge < -0.3 is 15.8 Å². The third kappa shape index (κ3) is 5.41. The maximum Gasteiger partial charge on any atom is 0.241 e. The highest BCUT2D eigenvalue weighted by molar-refractivity contribution is 5.75. The van der Waals surface area contributed by atoms with Crippen LogP contribution in [0.15, 0.2) is 6.20 Å². The Balaban J connectivity index is 2.16. The second-order valence-corrected chi connectivity index (χ2v) is 3.51. The second kappa shape index (κ2) is 7.75. The maximum atomic E-state index is 11.5. The molecule has 1 rings (SSSR count). The molecule has 0 fully saturated rings. The third-order valence-corrected chi connectivity index (χ3v) is 2.09. The van der Waals surface area contributed by atoms with Gasteiger partial charge in [0.15, 0.2) is 0 Å². The Morgan fingerprint density at radius 2 is 2.47 bits per heavy atom. The van der Waals surface area contributed by atoms with Crippen molar-refractivity contribution in [3.05, 3.63) is 11.9 Å². The van der Waals surface area contributed by atoms with E-state index in [0.29, 0.717) is 32.0 Å². The van der Waals surface area contributed by atoms with Gasteiger partial charge in [0.05, 0.1) is 11.9 Å². The van der Waals surface area contributed by atoms with E-state index in [1.54, 1.807) is 6.20 Å². The molecule has 0 atom stereocenters. The molecule has 17 heavy (non-hydrogen) atoms. The maximum absolute atomic E-state index is 11.5. The van der Waals surface area contributed by atoms with Gasteiger partial charge in [0, 0.05) is 26.3 Å². The van der Waals surface area contributed by atoms with E-state index in [1.165, 1.54) is 4.68 Å². The van der Waals surface area contributed by atoms with Gasteiger partial charge in [0.2, 0.25) is 5.91 Å². The Morgan fingerprint density at radius 1 is 1.65 bits per heavy atom. The van der Waals surface area contributed by atoms with E-state index in [-0.39, 0.29) is 12.5 Å². The largest absolute Gasteiger partial charge is 0.382 e. The average Bonchev–Trinajstić information content (AvgIpc) is 2.76. The van der Waals surface area contributed by atoms with Crippen LogP contribution in [0.25, 0.3) is 0 Å². The number of hydrogen-bond donors (Lipinski definition) is 2. The minimum absolute atomic E-state index is 0.0880. The van der Waals surface area contributed by atoms with Crippen LogP contribution >= 0.6 is 0 Å². The lowest BCUT2D eigenvalue weighted by molar-refractivity contribution is -0.121.